The van der Waals surface area contributed by atoms with E-state index in [1.54, 1.807) is 19.1 Å². The fraction of sp³-hybridized carbons (Fsp3) is 0.500. The molecule has 0 bridgehead atoms. The molecule has 1 fully saturated rings. The second-order valence-corrected chi connectivity index (χ2v) is 7.82. The van der Waals surface area contributed by atoms with Crippen LogP contribution in [0.3, 0.4) is 0 Å². The lowest BCUT2D eigenvalue weighted by molar-refractivity contribution is -0.122. The quantitative estimate of drug-likeness (QED) is 0.718. The summed E-state index contributed by atoms with van der Waals surface area (Å²) in [5, 5.41) is 2.59. The molecule has 3 N–H and O–H groups in total. The highest BCUT2D eigenvalue weighted by Gasteiger charge is 2.30. The first-order valence-electron chi connectivity index (χ1n) is 6.99. The maximum absolute atomic E-state index is 13.3. The van der Waals surface area contributed by atoms with Crippen molar-refractivity contribution >= 4 is 15.7 Å². The van der Waals surface area contributed by atoms with Crippen LogP contribution in [0.5, 0.6) is 0 Å². The molecule has 0 saturated carbocycles. The number of halogens is 1. The van der Waals surface area contributed by atoms with Crippen molar-refractivity contribution in [2.24, 2.45) is 0 Å². The van der Waals surface area contributed by atoms with Crippen molar-refractivity contribution in [3.05, 3.63) is 35.1 Å². The van der Waals surface area contributed by atoms with Gasteiger partial charge in [0.25, 0.3) is 0 Å². The van der Waals surface area contributed by atoms with Gasteiger partial charge in [-0.25, -0.2) is 23.7 Å². The first-order valence-corrected chi connectivity index (χ1v) is 9.05. The molecule has 1 aromatic carbocycles. The van der Waals surface area contributed by atoms with Crippen LogP contribution in [0.25, 0.3) is 0 Å². The van der Waals surface area contributed by atoms with Gasteiger partial charge in [-0.2, -0.15) is 0 Å². The van der Waals surface area contributed by atoms with Gasteiger partial charge >= 0.3 is 0 Å². The Kier molecular flexibility index (Phi) is 5.15. The van der Waals surface area contributed by atoms with Crippen molar-refractivity contribution in [2.45, 2.75) is 25.4 Å². The highest BCUT2D eigenvalue weighted by atomic mass is 32.2. The van der Waals surface area contributed by atoms with Crippen LogP contribution < -0.4 is 16.2 Å². The monoisotopic (exact) mass is 329 g/mol. The molecule has 1 amide bonds. The van der Waals surface area contributed by atoms with Gasteiger partial charge in [0.15, 0.2) is 0 Å². The lowest BCUT2D eigenvalue weighted by Crippen LogP contribution is -2.44. The summed E-state index contributed by atoms with van der Waals surface area (Å²) in [6.45, 7) is 1.78. The maximum Gasteiger partial charge on any atom is 0.238 e. The molecule has 1 heterocycles. The Balaban J connectivity index is 1.89. The molecule has 6 nitrogen and oxygen atoms in total. The van der Waals surface area contributed by atoms with Gasteiger partial charge in [0.1, 0.15) is 21.7 Å². The summed E-state index contributed by atoms with van der Waals surface area (Å²) in [7, 11) is -3.09. The minimum atomic E-state index is -3.09. The SMILES string of the molecule is Cc1cc(C2CC(C(=O)NCCS(C)(=O)=O)NN2)ccc1F. The van der Waals surface area contributed by atoms with E-state index in [1.807, 2.05) is 0 Å². The lowest BCUT2D eigenvalue weighted by atomic mass is 10.00. The Morgan fingerprint density at radius 2 is 2.14 bits per heavy atom. The number of carbonyl (C=O) groups excluding carboxylic acids is 1. The second-order valence-electron chi connectivity index (χ2n) is 5.56. The van der Waals surface area contributed by atoms with Gasteiger partial charge in [0.05, 0.1) is 5.75 Å². The third kappa shape index (κ3) is 4.49. The molecule has 1 aliphatic rings. The summed E-state index contributed by atoms with van der Waals surface area (Å²) < 4.78 is 35.3. The first kappa shape index (κ1) is 16.9. The van der Waals surface area contributed by atoms with E-state index in [0.29, 0.717) is 12.0 Å². The van der Waals surface area contributed by atoms with Crippen molar-refractivity contribution in [2.75, 3.05) is 18.6 Å². The lowest BCUT2D eigenvalue weighted by Gasteiger charge is -2.11. The molecule has 2 unspecified atom stereocenters. The number of benzene rings is 1. The third-order valence-corrected chi connectivity index (χ3v) is 4.52. The van der Waals surface area contributed by atoms with E-state index in [4.69, 9.17) is 0 Å². The summed E-state index contributed by atoms with van der Waals surface area (Å²) in [5.74, 6) is -0.596. The largest absolute Gasteiger partial charge is 0.354 e. The van der Waals surface area contributed by atoms with Crippen molar-refractivity contribution in [1.82, 2.24) is 16.2 Å². The van der Waals surface area contributed by atoms with Crippen LogP contribution in [0.4, 0.5) is 4.39 Å². The predicted octanol–water partition coefficient (Wildman–Crippen LogP) is 0.203. The Bertz CT molecular complexity index is 663. The van der Waals surface area contributed by atoms with Crippen LogP contribution in [0.2, 0.25) is 0 Å². The number of amides is 1. The number of rotatable bonds is 5. The van der Waals surface area contributed by atoms with Gasteiger partial charge in [-0.15, -0.1) is 0 Å². The zero-order chi connectivity index (χ0) is 16.3. The van der Waals surface area contributed by atoms with Crippen molar-refractivity contribution < 1.29 is 17.6 Å². The molecular weight excluding hydrogens is 309 g/mol. The average Bonchev–Trinajstić information content (AvgIpc) is 2.90. The van der Waals surface area contributed by atoms with Crippen molar-refractivity contribution in [3.8, 4) is 0 Å². The predicted molar refractivity (Wildman–Crippen MR) is 81.3 cm³/mol. The van der Waals surface area contributed by atoms with E-state index in [1.165, 1.54) is 6.07 Å². The van der Waals surface area contributed by atoms with Crippen molar-refractivity contribution in [1.29, 1.82) is 0 Å². The third-order valence-electron chi connectivity index (χ3n) is 3.58. The Hall–Kier alpha value is -1.51. The first-order chi connectivity index (χ1) is 10.3. The van der Waals surface area contributed by atoms with Crippen LogP contribution in [0, 0.1) is 12.7 Å². The Morgan fingerprint density at radius 1 is 1.41 bits per heavy atom. The Labute approximate surface area is 129 Å². The van der Waals surface area contributed by atoms with Gasteiger partial charge in [-0.05, 0) is 30.5 Å². The van der Waals surface area contributed by atoms with E-state index >= 15 is 0 Å². The zero-order valence-corrected chi connectivity index (χ0v) is 13.3. The standard InChI is InChI=1S/C14H20FN3O3S/c1-9-7-10(3-4-11(9)15)12-8-13(18-17-12)14(19)16-5-6-22(2,20)21/h3-4,7,12-13,17-18H,5-6,8H2,1-2H3,(H,16,19). The number of sulfone groups is 1. The summed E-state index contributed by atoms with van der Waals surface area (Å²) in [6, 6.07) is 4.30. The molecule has 1 aromatic rings. The molecule has 1 saturated heterocycles. The molecule has 0 aliphatic carbocycles. The summed E-state index contributed by atoms with van der Waals surface area (Å²) in [6.07, 6.45) is 1.64. The van der Waals surface area contributed by atoms with Gasteiger partial charge in [0.2, 0.25) is 5.91 Å². The van der Waals surface area contributed by atoms with Crippen LogP contribution >= 0.6 is 0 Å². The van der Waals surface area contributed by atoms with E-state index < -0.39 is 15.9 Å². The van der Waals surface area contributed by atoms with Crippen LogP contribution in [0.15, 0.2) is 18.2 Å². The average molecular weight is 329 g/mol. The smallest absolute Gasteiger partial charge is 0.238 e. The second kappa shape index (κ2) is 6.72. The topological polar surface area (TPSA) is 87.3 Å². The summed E-state index contributed by atoms with van der Waals surface area (Å²) in [5.41, 5.74) is 7.34. The van der Waals surface area contributed by atoms with E-state index in [9.17, 15) is 17.6 Å². The minimum Gasteiger partial charge on any atom is -0.354 e. The van der Waals surface area contributed by atoms with Gasteiger partial charge < -0.3 is 5.32 Å². The highest BCUT2D eigenvalue weighted by Crippen LogP contribution is 2.23. The van der Waals surface area contributed by atoms with Gasteiger partial charge in [-0.1, -0.05) is 12.1 Å². The van der Waals surface area contributed by atoms with Crippen LogP contribution in [-0.4, -0.2) is 38.9 Å². The van der Waals surface area contributed by atoms with Crippen molar-refractivity contribution in [3.63, 3.8) is 0 Å². The van der Waals surface area contributed by atoms with E-state index in [0.717, 1.165) is 11.8 Å². The fourth-order valence-electron chi connectivity index (χ4n) is 2.31. The number of hydrogen-bond donors (Lipinski definition) is 3. The van der Waals surface area contributed by atoms with E-state index in [-0.39, 0.29) is 30.1 Å². The molecule has 0 spiro atoms. The number of hydrogen-bond acceptors (Lipinski definition) is 5. The number of carbonyl (C=O) groups is 1. The number of hydrazine groups is 1. The molecule has 1 aliphatic heterocycles. The van der Waals surface area contributed by atoms with E-state index in [2.05, 4.69) is 16.2 Å². The minimum absolute atomic E-state index is 0.0839. The van der Waals surface area contributed by atoms with Crippen LogP contribution in [0.1, 0.15) is 23.6 Å². The molecular formula is C14H20FN3O3S. The van der Waals surface area contributed by atoms with Crippen LogP contribution in [-0.2, 0) is 14.6 Å². The molecule has 0 aromatic heterocycles. The molecule has 0 radical (unpaired) electrons. The molecule has 22 heavy (non-hydrogen) atoms. The number of aryl methyl sites for hydroxylation is 1. The molecule has 8 heteroatoms. The van der Waals surface area contributed by atoms with Gasteiger partial charge in [-0.3, -0.25) is 4.79 Å². The number of nitrogens with one attached hydrogen (secondary N) is 3. The molecule has 122 valence electrons. The normalized spacial score (nSPS) is 21.8. The Morgan fingerprint density at radius 3 is 2.77 bits per heavy atom. The maximum atomic E-state index is 13.3. The zero-order valence-electron chi connectivity index (χ0n) is 12.5. The summed E-state index contributed by atoms with van der Waals surface area (Å²) >= 11 is 0. The fourth-order valence-corrected chi connectivity index (χ4v) is 2.79. The molecule has 2 atom stereocenters. The summed E-state index contributed by atoms with van der Waals surface area (Å²) in [4.78, 5) is 12.0. The van der Waals surface area contributed by atoms with Gasteiger partial charge in [0, 0.05) is 18.8 Å². The highest BCUT2D eigenvalue weighted by molar-refractivity contribution is 7.90. The molecule has 2 rings (SSSR count).